The Morgan fingerprint density at radius 3 is 3.05 bits per heavy atom. The Labute approximate surface area is 133 Å². The molecule has 1 aromatic heterocycles. The monoisotopic (exact) mass is 317 g/mol. The topological polar surface area (TPSA) is 63.1 Å². The van der Waals surface area contributed by atoms with E-state index < -0.39 is 0 Å². The zero-order valence-corrected chi connectivity index (χ0v) is 13.5. The highest BCUT2D eigenvalue weighted by Gasteiger charge is 2.21. The number of benzene rings is 1. The van der Waals surface area contributed by atoms with Crippen molar-refractivity contribution in [2.75, 3.05) is 24.2 Å². The van der Waals surface area contributed by atoms with Gasteiger partial charge in [0.15, 0.2) is 5.82 Å². The van der Waals surface area contributed by atoms with E-state index in [4.69, 9.17) is 0 Å². The summed E-state index contributed by atoms with van der Waals surface area (Å²) in [6.07, 6.45) is 1.66. The second kappa shape index (κ2) is 6.39. The van der Waals surface area contributed by atoms with Crippen LogP contribution in [-0.2, 0) is 7.05 Å². The van der Waals surface area contributed by atoms with E-state index in [1.807, 2.05) is 48.0 Å². The molecule has 3 rings (SSSR count). The largest absolute Gasteiger partial charge is 0.323 e. The van der Waals surface area contributed by atoms with Crippen LogP contribution in [-0.4, -0.2) is 49.8 Å². The molecular formula is C15H19N5OS. The van der Waals surface area contributed by atoms with E-state index in [1.54, 1.807) is 11.0 Å². The number of urea groups is 1. The Balaban J connectivity index is 1.71. The van der Waals surface area contributed by atoms with Crippen LogP contribution in [0.5, 0.6) is 0 Å². The van der Waals surface area contributed by atoms with Crippen molar-refractivity contribution in [1.29, 1.82) is 0 Å². The molecule has 2 aromatic rings. The van der Waals surface area contributed by atoms with Crippen LogP contribution in [0.4, 0.5) is 10.5 Å². The summed E-state index contributed by atoms with van der Waals surface area (Å²) in [5.74, 6) is 1.65. The molecule has 7 heteroatoms. The average Bonchev–Trinajstić information content (AvgIpc) is 2.94. The Hall–Kier alpha value is -2.02. The Bertz CT molecular complexity index is 671. The second-order valence-corrected chi connectivity index (χ2v) is 6.93. The molecule has 2 heterocycles. The summed E-state index contributed by atoms with van der Waals surface area (Å²) in [6, 6.07) is 7.57. The van der Waals surface area contributed by atoms with Crippen molar-refractivity contribution in [3.8, 4) is 11.4 Å². The van der Waals surface area contributed by atoms with Gasteiger partial charge in [-0.15, -0.1) is 0 Å². The molecule has 116 valence electrons. The smallest absolute Gasteiger partial charge is 0.321 e. The van der Waals surface area contributed by atoms with Gasteiger partial charge >= 0.3 is 6.03 Å². The van der Waals surface area contributed by atoms with E-state index in [2.05, 4.69) is 22.3 Å². The molecule has 1 aliphatic heterocycles. The Morgan fingerprint density at radius 2 is 2.32 bits per heavy atom. The first-order chi connectivity index (χ1) is 10.6. The predicted octanol–water partition coefficient (Wildman–Crippen LogP) is 2.45. The number of thioether (sulfide) groups is 1. The first kappa shape index (κ1) is 14.9. The minimum absolute atomic E-state index is 0.0433. The molecule has 1 N–H and O–H groups in total. The maximum atomic E-state index is 12.3. The number of hydrogen-bond donors (Lipinski definition) is 1. The molecular weight excluding hydrogens is 298 g/mol. The highest BCUT2D eigenvalue weighted by atomic mass is 32.2. The molecule has 1 aromatic carbocycles. The lowest BCUT2D eigenvalue weighted by molar-refractivity contribution is 0.214. The predicted molar refractivity (Wildman–Crippen MR) is 89.0 cm³/mol. The van der Waals surface area contributed by atoms with Crippen molar-refractivity contribution in [2.24, 2.45) is 7.05 Å². The van der Waals surface area contributed by atoms with Gasteiger partial charge in [0.2, 0.25) is 0 Å². The van der Waals surface area contributed by atoms with Crippen molar-refractivity contribution in [2.45, 2.75) is 12.2 Å². The highest BCUT2D eigenvalue weighted by Crippen LogP contribution is 2.21. The zero-order valence-electron chi connectivity index (χ0n) is 12.7. The number of hydrogen-bond acceptors (Lipinski definition) is 4. The van der Waals surface area contributed by atoms with Crippen molar-refractivity contribution in [3.63, 3.8) is 0 Å². The van der Waals surface area contributed by atoms with E-state index >= 15 is 0 Å². The van der Waals surface area contributed by atoms with Crippen LogP contribution in [0.15, 0.2) is 30.6 Å². The summed E-state index contributed by atoms with van der Waals surface area (Å²) in [5, 5.41) is 7.73. The van der Waals surface area contributed by atoms with E-state index in [-0.39, 0.29) is 6.03 Å². The normalized spacial score (nSPS) is 18.3. The lowest BCUT2D eigenvalue weighted by Gasteiger charge is -2.30. The number of nitrogens with zero attached hydrogens (tertiary/aromatic N) is 4. The molecule has 1 fully saturated rings. The van der Waals surface area contributed by atoms with Gasteiger partial charge in [-0.05, 0) is 12.1 Å². The van der Waals surface area contributed by atoms with Crippen LogP contribution in [0.3, 0.4) is 0 Å². The van der Waals surface area contributed by atoms with Crippen molar-refractivity contribution < 1.29 is 4.79 Å². The fourth-order valence-electron chi connectivity index (χ4n) is 2.41. The zero-order chi connectivity index (χ0) is 15.5. The molecule has 0 bridgehead atoms. The fraction of sp³-hybridized carbons (Fsp3) is 0.400. The third-order valence-electron chi connectivity index (χ3n) is 3.50. The second-order valence-electron chi connectivity index (χ2n) is 5.38. The van der Waals surface area contributed by atoms with Crippen LogP contribution in [0.2, 0.25) is 0 Å². The molecule has 1 atom stereocenters. The van der Waals surface area contributed by atoms with E-state index in [0.717, 1.165) is 30.1 Å². The summed E-state index contributed by atoms with van der Waals surface area (Å²) in [4.78, 5) is 18.4. The molecule has 0 aliphatic carbocycles. The molecule has 1 saturated heterocycles. The van der Waals surface area contributed by atoms with Crippen LogP contribution in [0.1, 0.15) is 6.92 Å². The lowest BCUT2D eigenvalue weighted by atomic mass is 10.2. The number of aromatic nitrogens is 3. The first-order valence-electron chi connectivity index (χ1n) is 7.25. The van der Waals surface area contributed by atoms with Crippen molar-refractivity contribution >= 4 is 23.5 Å². The molecule has 0 saturated carbocycles. The molecule has 22 heavy (non-hydrogen) atoms. The van der Waals surface area contributed by atoms with Gasteiger partial charge in [-0.3, -0.25) is 4.68 Å². The van der Waals surface area contributed by atoms with Crippen molar-refractivity contribution in [3.05, 3.63) is 30.6 Å². The molecule has 0 spiro atoms. The SMILES string of the molecule is C[C@@H]1CN(C(=O)Nc2cccc(-c3ncn(C)n3)c2)CCS1. The molecule has 0 radical (unpaired) electrons. The van der Waals surface area contributed by atoms with Crippen molar-refractivity contribution in [1.82, 2.24) is 19.7 Å². The maximum absolute atomic E-state index is 12.3. The number of rotatable bonds is 2. The maximum Gasteiger partial charge on any atom is 0.321 e. The van der Waals surface area contributed by atoms with Gasteiger partial charge in [0, 0.05) is 42.4 Å². The highest BCUT2D eigenvalue weighted by molar-refractivity contribution is 7.99. The molecule has 6 nitrogen and oxygen atoms in total. The van der Waals surface area contributed by atoms with Crippen LogP contribution in [0.25, 0.3) is 11.4 Å². The van der Waals surface area contributed by atoms with Gasteiger partial charge in [-0.25, -0.2) is 9.78 Å². The van der Waals surface area contributed by atoms with E-state index in [0.29, 0.717) is 11.1 Å². The minimum atomic E-state index is -0.0433. The summed E-state index contributed by atoms with van der Waals surface area (Å²) >= 11 is 1.91. The number of nitrogens with one attached hydrogen (secondary N) is 1. The number of aryl methyl sites for hydroxylation is 1. The minimum Gasteiger partial charge on any atom is -0.323 e. The van der Waals surface area contributed by atoms with Crippen LogP contribution >= 0.6 is 11.8 Å². The van der Waals surface area contributed by atoms with Gasteiger partial charge in [-0.2, -0.15) is 16.9 Å². The van der Waals surface area contributed by atoms with E-state index in [1.165, 1.54) is 0 Å². The summed E-state index contributed by atoms with van der Waals surface area (Å²) in [7, 11) is 1.83. The quantitative estimate of drug-likeness (QED) is 0.924. The molecule has 1 aliphatic rings. The van der Waals surface area contributed by atoms with E-state index in [9.17, 15) is 4.79 Å². The lowest BCUT2D eigenvalue weighted by Crippen LogP contribution is -2.43. The van der Waals surface area contributed by atoms with Gasteiger partial charge in [-0.1, -0.05) is 19.1 Å². The van der Waals surface area contributed by atoms with Gasteiger partial charge in [0.1, 0.15) is 6.33 Å². The number of amides is 2. The van der Waals surface area contributed by atoms with Gasteiger partial charge in [0.05, 0.1) is 0 Å². The number of carbonyl (C=O) groups excluding carboxylic acids is 1. The Kier molecular flexibility index (Phi) is 4.33. The number of anilines is 1. The van der Waals surface area contributed by atoms with Crippen LogP contribution in [0, 0.1) is 0 Å². The fourth-order valence-corrected chi connectivity index (χ4v) is 3.43. The summed E-state index contributed by atoms with van der Waals surface area (Å²) in [5.41, 5.74) is 1.65. The number of carbonyl (C=O) groups is 1. The summed E-state index contributed by atoms with van der Waals surface area (Å²) < 4.78 is 1.66. The Morgan fingerprint density at radius 1 is 1.45 bits per heavy atom. The molecule has 0 unspecified atom stereocenters. The summed E-state index contributed by atoms with van der Waals surface area (Å²) in [6.45, 7) is 3.73. The standard InChI is InChI=1S/C15H19N5OS/c1-11-9-20(6-7-22-11)15(21)17-13-5-3-4-12(8-13)14-16-10-19(2)18-14/h3-5,8,10-11H,6-7,9H2,1-2H3,(H,17,21)/t11-/m1/s1. The van der Waals surface area contributed by atoms with Gasteiger partial charge in [0.25, 0.3) is 0 Å². The van der Waals surface area contributed by atoms with Crippen LogP contribution < -0.4 is 5.32 Å². The third-order valence-corrected chi connectivity index (χ3v) is 4.64. The third kappa shape index (κ3) is 3.41. The molecule has 2 amide bonds. The average molecular weight is 317 g/mol. The first-order valence-corrected chi connectivity index (χ1v) is 8.30. The van der Waals surface area contributed by atoms with Gasteiger partial charge < -0.3 is 10.2 Å².